The highest BCUT2D eigenvalue weighted by molar-refractivity contribution is 6.13. The molecule has 2 bridgehead atoms. The maximum absolute atomic E-state index is 14.2. The maximum atomic E-state index is 14.2. The van der Waals surface area contributed by atoms with Gasteiger partial charge in [-0.1, -0.05) is 60.7 Å². The molecule has 1 N–H and O–H groups in total. The van der Waals surface area contributed by atoms with Gasteiger partial charge in [0.25, 0.3) is 0 Å². The minimum Gasteiger partial charge on any atom is -0.495 e. The Morgan fingerprint density at radius 3 is 2.10 bits per heavy atom. The van der Waals surface area contributed by atoms with Crippen LogP contribution in [-0.4, -0.2) is 85.0 Å². The van der Waals surface area contributed by atoms with E-state index in [1.807, 2.05) is 72.8 Å². The van der Waals surface area contributed by atoms with E-state index in [1.54, 1.807) is 7.11 Å². The number of benzene rings is 3. The van der Waals surface area contributed by atoms with Crippen LogP contribution in [0.3, 0.4) is 0 Å². The minimum absolute atomic E-state index is 0.0786. The molecular formula is C34H35N3O5. The van der Waals surface area contributed by atoms with Crippen molar-refractivity contribution in [3.8, 4) is 5.75 Å². The van der Waals surface area contributed by atoms with Gasteiger partial charge in [0.05, 0.1) is 42.7 Å². The van der Waals surface area contributed by atoms with Gasteiger partial charge in [-0.2, -0.15) is 0 Å². The number of rotatable bonds is 7. The van der Waals surface area contributed by atoms with Crippen molar-refractivity contribution >= 4 is 23.3 Å². The van der Waals surface area contributed by atoms with Gasteiger partial charge in [-0.15, -0.1) is 0 Å². The lowest BCUT2D eigenvalue weighted by Gasteiger charge is -2.52. The average Bonchev–Trinajstić information content (AvgIpc) is 3.26. The summed E-state index contributed by atoms with van der Waals surface area (Å²) in [6, 6.07) is 23.5. The third-order valence-corrected chi connectivity index (χ3v) is 9.93. The van der Waals surface area contributed by atoms with Crippen LogP contribution >= 0.6 is 0 Å². The molecule has 0 radical (unpaired) electrons. The summed E-state index contributed by atoms with van der Waals surface area (Å²) in [5, 5.41) is 11.2. The second-order valence-corrected chi connectivity index (χ2v) is 11.9. The number of β-amino-alcohol motifs (C(OH)–C–C–N with tert-alkyl or cyclic N) is 1. The second-order valence-electron chi connectivity index (χ2n) is 11.9. The van der Waals surface area contributed by atoms with E-state index in [9.17, 15) is 19.5 Å². The summed E-state index contributed by atoms with van der Waals surface area (Å²) in [6.45, 7) is 4.84. The van der Waals surface area contributed by atoms with Crippen molar-refractivity contribution in [3.63, 3.8) is 0 Å². The summed E-state index contributed by atoms with van der Waals surface area (Å²) < 4.78 is 5.52. The van der Waals surface area contributed by atoms with Crippen molar-refractivity contribution in [2.24, 2.45) is 11.8 Å². The number of carbonyl (C=O) groups is 3. The van der Waals surface area contributed by atoms with Gasteiger partial charge in [0.1, 0.15) is 11.5 Å². The number of imide groups is 1. The summed E-state index contributed by atoms with van der Waals surface area (Å²) in [4.78, 5) is 47.6. The van der Waals surface area contributed by atoms with Crippen LogP contribution in [0, 0.1) is 11.8 Å². The number of hydrogen-bond acceptors (Lipinski definition) is 7. The fourth-order valence-electron chi connectivity index (χ4n) is 8.24. The molecule has 3 atom stereocenters. The van der Waals surface area contributed by atoms with E-state index in [0.29, 0.717) is 6.54 Å². The van der Waals surface area contributed by atoms with Gasteiger partial charge in [-0.3, -0.25) is 24.2 Å². The molecule has 3 aliphatic carbocycles. The Balaban J connectivity index is 1.12. The smallest absolute Gasteiger partial charge is 0.234 e. The SMILES string of the molecule is COc1ccccc1N1CCN(C[C@H](O)CN2C(=O)[C@@H]3C4c5ccccc5C(C(C)=O)(c5ccccc54)[C@H]3C2=O)CC1. The van der Waals surface area contributed by atoms with E-state index >= 15 is 0 Å². The predicted molar refractivity (Wildman–Crippen MR) is 158 cm³/mol. The zero-order chi connectivity index (χ0) is 29.2. The molecule has 42 heavy (non-hydrogen) atoms. The molecule has 8 heteroatoms. The number of anilines is 1. The fourth-order valence-corrected chi connectivity index (χ4v) is 8.24. The van der Waals surface area contributed by atoms with Gasteiger partial charge >= 0.3 is 0 Å². The Bertz CT molecular complexity index is 1530. The monoisotopic (exact) mass is 565 g/mol. The molecule has 0 aromatic heterocycles. The number of aliphatic hydroxyl groups is 1. The topological polar surface area (TPSA) is 90.4 Å². The van der Waals surface area contributed by atoms with Crippen LogP contribution in [0.5, 0.6) is 5.75 Å². The molecule has 0 spiro atoms. The number of para-hydroxylation sites is 2. The first-order chi connectivity index (χ1) is 20.4. The van der Waals surface area contributed by atoms with Crippen LogP contribution < -0.4 is 9.64 Å². The lowest BCUT2D eigenvalue weighted by molar-refractivity contribution is -0.143. The number of ether oxygens (including phenoxy) is 1. The Hall–Kier alpha value is -4.01. The molecule has 0 unspecified atom stereocenters. The van der Waals surface area contributed by atoms with Gasteiger partial charge in [0, 0.05) is 38.6 Å². The van der Waals surface area contributed by atoms with Crippen LogP contribution in [-0.2, 0) is 19.8 Å². The number of carbonyl (C=O) groups excluding carboxylic acids is 3. The average molecular weight is 566 g/mol. The number of nitrogens with zero attached hydrogens (tertiary/aromatic N) is 3. The molecule has 216 valence electrons. The van der Waals surface area contributed by atoms with Crippen molar-refractivity contribution in [2.45, 2.75) is 24.4 Å². The number of ketones is 1. The molecule has 3 aromatic carbocycles. The number of methoxy groups -OCH3 is 1. The molecular weight excluding hydrogens is 530 g/mol. The molecule has 2 aliphatic heterocycles. The van der Waals surface area contributed by atoms with Gasteiger partial charge < -0.3 is 14.7 Å². The number of piperazine rings is 1. The van der Waals surface area contributed by atoms with E-state index in [4.69, 9.17) is 4.74 Å². The van der Waals surface area contributed by atoms with Crippen molar-refractivity contribution in [1.29, 1.82) is 0 Å². The molecule has 2 saturated heterocycles. The molecule has 8 nitrogen and oxygen atoms in total. The molecule has 5 aliphatic rings. The lowest BCUT2D eigenvalue weighted by atomic mass is 9.46. The highest BCUT2D eigenvalue weighted by Crippen LogP contribution is 2.64. The highest BCUT2D eigenvalue weighted by Gasteiger charge is 2.69. The van der Waals surface area contributed by atoms with Crippen molar-refractivity contribution in [3.05, 3.63) is 95.1 Å². The lowest BCUT2D eigenvalue weighted by Crippen LogP contribution is -2.57. The van der Waals surface area contributed by atoms with Crippen LogP contribution in [0.4, 0.5) is 5.69 Å². The first-order valence-electron chi connectivity index (χ1n) is 14.7. The highest BCUT2D eigenvalue weighted by atomic mass is 16.5. The summed E-state index contributed by atoms with van der Waals surface area (Å²) in [6.07, 6.45) is -0.897. The first-order valence-corrected chi connectivity index (χ1v) is 14.7. The zero-order valence-electron chi connectivity index (χ0n) is 23.9. The van der Waals surface area contributed by atoms with Crippen molar-refractivity contribution in [1.82, 2.24) is 9.80 Å². The standard InChI is InChI=1S/C34H35N3O5/c1-21(38)34-25-11-5-3-9-23(25)29(24-10-4-6-12-26(24)34)30-31(34)33(41)37(32(30)40)20-22(39)19-35-15-17-36(18-16-35)27-13-7-8-14-28(27)42-2/h3-14,22,29-31,39H,15-20H2,1-2H3/t22-,29?,30+,31+,34?/m0/s1. The summed E-state index contributed by atoms with van der Waals surface area (Å²) in [5.74, 6) is -1.71. The maximum Gasteiger partial charge on any atom is 0.234 e. The molecule has 2 fully saturated rings. The largest absolute Gasteiger partial charge is 0.495 e. The van der Waals surface area contributed by atoms with Crippen LogP contribution in [0.1, 0.15) is 35.1 Å². The molecule has 2 amide bonds. The van der Waals surface area contributed by atoms with Gasteiger partial charge in [-0.25, -0.2) is 0 Å². The summed E-state index contributed by atoms with van der Waals surface area (Å²) >= 11 is 0. The van der Waals surface area contributed by atoms with Crippen molar-refractivity contribution in [2.75, 3.05) is 51.3 Å². The molecule has 3 aromatic rings. The number of likely N-dealkylation sites (tertiary alicyclic amines) is 1. The molecule has 8 rings (SSSR count). The van der Waals surface area contributed by atoms with Crippen LogP contribution in [0.2, 0.25) is 0 Å². The van der Waals surface area contributed by atoms with E-state index in [-0.39, 0.29) is 30.1 Å². The Labute approximate surface area is 245 Å². The summed E-state index contributed by atoms with van der Waals surface area (Å²) in [5.41, 5.74) is 3.39. The van der Waals surface area contributed by atoms with Crippen molar-refractivity contribution < 1.29 is 24.2 Å². The molecule has 0 saturated carbocycles. The number of hydrogen-bond donors (Lipinski definition) is 1. The van der Waals surface area contributed by atoms with Gasteiger partial charge in [-0.05, 0) is 41.3 Å². The number of Topliss-reactive ketones (excluding diaryl/α,β-unsaturated/α-hetero) is 1. The number of amides is 2. The Kier molecular flexibility index (Phi) is 6.44. The van der Waals surface area contributed by atoms with Crippen LogP contribution in [0.15, 0.2) is 72.8 Å². The Morgan fingerprint density at radius 1 is 0.881 bits per heavy atom. The molecule has 2 heterocycles. The van der Waals surface area contributed by atoms with Gasteiger partial charge in [0.2, 0.25) is 11.8 Å². The van der Waals surface area contributed by atoms with E-state index in [1.165, 1.54) is 11.8 Å². The van der Waals surface area contributed by atoms with Crippen LogP contribution in [0.25, 0.3) is 0 Å². The fraction of sp³-hybridized carbons (Fsp3) is 0.382. The zero-order valence-corrected chi connectivity index (χ0v) is 23.9. The Morgan fingerprint density at radius 2 is 1.48 bits per heavy atom. The van der Waals surface area contributed by atoms with E-state index < -0.39 is 23.4 Å². The first kappa shape index (κ1) is 26.9. The minimum atomic E-state index is -1.21. The summed E-state index contributed by atoms with van der Waals surface area (Å²) in [7, 11) is 1.67. The second kappa shape index (κ2) is 10.1. The third kappa shape index (κ3) is 3.71. The third-order valence-electron chi connectivity index (χ3n) is 9.93. The quantitative estimate of drug-likeness (QED) is 0.441. The van der Waals surface area contributed by atoms with Gasteiger partial charge in [0.15, 0.2) is 0 Å². The van der Waals surface area contributed by atoms with E-state index in [2.05, 4.69) is 9.80 Å². The number of aliphatic hydroxyl groups excluding tert-OH is 1. The normalized spacial score (nSPS) is 27.0. The predicted octanol–water partition coefficient (Wildman–Crippen LogP) is 2.81. The van der Waals surface area contributed by atoms with E-state index in [0.717, 1.165) is 59.9 Å².